The molecule has 0 aliphatic rings. The van der Waals surface area contributed by atoms with Gasteiger partial charge in [-0.3, -0.25) is 4.79 Å². The zero-order valence-electron chi connectivity index (χ0n) is 16.4. The standard InChI is InChI=1S/C22H23N3O3/c1-14-6-5-7-15(2)21(14)25-20-11-8-16(13-23-20)22(26)24-18-12-17(27-3)9-10-19(18)28-4/h5-13H,1-4H3,(H,23,25)(H,24,26). The summed E-state index contributed by atoms with van der Waals surface area (Å²) in [7, 11) is 3.12. The van der Waals surface area contributed by atoms with Crippen LogP contribution in [0.3, 0.4) is 0 Å². The third-order valence-electron chi connectivity index (χ3n) is 4.41. The van der Waals surface area contributed by atoms with Gasteiger partial charge in [0.2, 0.25) is 0 Å². The molecule has 3 rings (SSSR count). The van der Waals surface area contributed by atoms with E-state index in [1.54, 1.807) is 44.6 Å². The van der Waals surface area contributed by atoms with Gasteiger partial charge in [0.25, 0.3) is 5.91 Å². The Balaban J connectivity index is 1.76. The molecular weight excluding hydrogens is 354 g/mol. The highest BCUT2D eigenvalue weighted by atomic mass is 16.5. The maximum atomic E-state index is 12.6. The number of hydrogen-bond acceptors (Lipinski definition) is 5. The van der Waals surface area contributed by atoms with Gasteiger partial charge in [0, 0.05) is 18.0 Å². The highest BCUT2D eigenvalue weighted by Crippen LogP contribution is 2.29. The van der Waals surface area contributed by atoms with Crippen LogP contribution in [0, 0.1) is 13.8 Å². The van der Waals surface area contributed by atoms with Crippen LogP contribution in [-0.4, -0.2) is 25.1 Å². The number of carbonyl (C=O) groups is 1. The molecule has 0 aliphatic carbocycles. The second-order valence-electron chi connectivity index (χ2n) is 6.34. The lowest BCUT2D eigenvalue weighted by atomic mass is 10.1. The monoisotopic (exact) mass is 377 g/mol. The summed E-state index contributed by atoms with van der Waals surface area (Å²) >= 11 is 0. The Bertz CT molecular complexity index is 965. The van der Waals surface area contributed by atoms with Gasteiger partial charge in [-0.15, -0.1) is 0 Å². The number of ether oxygens (including phenoxy) is 2. The number of aryl methyl sites for hydroxylation is 2. The number of methoxy groups -OCH3 is 2. The highest BCUT2D eigenvalue weighted by molar-refractivity contribution is 6.05. The van der Waals surface area contributed by atoms with Crippen LogP contribution in [0.2, 0.25) is 0 Å². The number of aromatic nitrogens is 1. The quantitative estimate of drug-likeness (QED) is 0.651. The maximum absolute atomic E-state index is 12.6. The minimum Gasteiger partial charge on any atom is -0.497 e. The minimum absolute atomic E-state index is 0.280. The van der Waals surface area contributed by atoms with E-state index >= 15 is 0 Å². The summed E-state index contributed by atoms with van der Waals surface area (Å²) in [5.74, 6) is 1.57. The van der Waals surface area contributed by atoms with Gasteiger partial charge in [0.1, 0.15) is 17.3 Å². The van der Waals surface area contributed by atoms with E-state index in [-0.39, 0.29) is 5.91 Å². The van der Waals surface area contributed by atoms with Crippen LogP contribution in [0.5, 0.6) is 11.5 Å². The molecule has 0 radical (unpaired) electrons. The molecular formula is C22H23N3O3. The molecule has 0 saturated heterocycles. The Kier molecular flexibility index (Phi) is 5.79. The zero-order chi connectivity index (χ0) is 20.1. The molecule has 28 heavy (non-hydrogen) atoms. The van der Waals surface area contributed by atoms with Crippen LogP contribution in [0.25, 0.3) is 0 Å². The number of amides is 1. The van der Waals surface area contributed by atoms with E-state index in [9.17, 15) is 4.79 Å². The van der Waals surface area contributed by atoms with Crippen molar-refractivity contribution in [2.45, 2.75) is 13.8 Å². The summed E-state index contributed by atoms with van der Waals surface area (Å²) in [6, 6.07) is 14.8. The summed E-state index contributed by atoms with van der Waals surface area (Å²) in [4.78, 5) is 17.0. The fourth-order valence-electron chi connectivity index (χ4n) is 2.85. The summed E-state index contributed by atoms with van der Waals surface area (Å²) < 4.78 is 10.5. The number of carbonyl (C=O) groups excluding carboxylic acids is 1. The first-order valence-electron chi connectivity index (χ1n) is 8.84. The van der Waals surface area contributed by atoms with Crippen LogP contribution in [0.4, 0.5) is 17.2 Å². The van der Waals surface area contributed by atoms with Gasteiger partial charge >= 0.3 is 0 Å². The molecule has 6 nitrogen and oxygen atoms in total. The molecule has 1 amide bonds. The number of nitrogens with one attached hydrogen (secondary N) is 2. The number of rotatable bonds is 6. The van der Waals surface area contributed by atoms with Crippen molar-refractivity contribution in [3.8, 4) is 11.5 Å². The Morgan fingerprint density at radius 1 is 0.964 bits per heavy atom. The van der Waals surface area contributed by atoms with Crippen molar-refractivity contribution < 1.29 is 14.3 Å². The van der Waals surface area contributed by atoms with Crippen LogP contribution >= 0.6 is 0 Å². The number of pyridine rings is 1. The highest BCUT2D eigenvalue weighted by Gasteiger charge is 2.12. The van der Waals surface area contributed by atoms with E-state index in [0.717, 1.165) is 16.8 Å². The molecule has 0 bridgehead atoms. The lowest BCUT2D eigenvalue weighted by molar-refractivity contribution is 0.102. The third kappa shape index (κ3) is 4.23. The van der Waals surface area contributed by atoms with Crippen molar-refractivity contribution in [3.05, 3.63) is 71.4 Å². The Morgan fingerprint density at radius 3 is 2.32 bits per heavy atom. The largest absolute Gasteiger partial charge is 0.497 e. The molecule has 144 valence electrons. The van der Waals surface area contributed by atoms with Gasteiger partial charge in [0.05, 0.1) is 25.5 Å². The van der Waals surface area contributed by atoms with Crippen LogP contribution in [-0.2, 0) is 0 Å². The average Bonchev–Trinajstić information content (AvgIpc) is 2.71. The molecule has 2 N–H and O–H groups in total. The van der Waals surface area contributed by atoms with E-state index in [0.29, 0.717) is 28.6 Å². The first-order chi connectivity index (χ1) is 13.5. The van der Waals surface area contributed by atoms with Gasteiger partial charge < -0.3 is 20.1 Å². The third-order valence-corrected chi connectivity index (χ3v) is 4.41. The van der Waals surface area contributed by atoms with E-state index in [1.165, 1.54) is 6.20 Å². The van der Waals surface area contributed by atoms with Crippen molar-refractivity contribution in [1.29, 1.82) is 0 Å². The van der Waals surface area contributed by atoms with Gasteiger partial charge in [-0.2, -0.15) is 0 Å². The predicted molar refractivity (Wildman–Crippen MR) is 111 cm³/mol. The molecule has 6 heteroatoms. The molecule has 0 atom stereocenters. The molecule has 0 spiro atoms. The lowest BCUT2D eigenvalue weighted by Gasteiger charge is -2.13. The number of para-hydroxylation sites is 1. The first kappa shape index (κ1) is 19.2. The molecule has 1 heterocycles. The summed E-state index contributed by atoms with van der Waals surface area (Å²) in [5.41, 5.74) is 4.26. The molecule has 0 saturated carbocycles. The second-order valence-corrected chi connectivity index (χ2v) is 6.34. The molecule has 2 aromatic carbocycles. The van der Waals surface area contributed by atoms with Gasteiger partial charge in [-0.25, -0.2) is 4.98 Å². The van der Waals surface area contributed by atoms with Gasteiger partial charge in [-0.05, 0) is 49.2 Å². The van der Waals surface area contributed by atoms with Crippen molar-refractivity contribution in [3.63, 3.8) is 0 Å². The van der Waals surface area contributed by atoms with Crippen molar-refractivity contribution in [2.75, 3.05) is 24.9 Å². The lowest BCUT2D eigenvalue weighted by Crippen LogP contribution is -2.13. The van der Waals surface area contributed by atoms with Crippen LogP contribution in [0.15, 0.2) is 54.7 Å². The Hall–Kier alpha value is -3.54. The Morgan fingerprint density at radius 2 is 1.71 bits per heavy atom. The van der Waals surface area contributed by atoms with Crippen molar-refractivity contribution >= 4 is 23.1 Å². The predicted octanol–water partition coefficient (Wildman–Crippen LogP) is 4.71. The van der Waals surface area contributed by atoms with Gasteiger partial charge in [0.15, 0.2) is 0 Å². The van der Waals surface area contributed by atoms with E-state index < -0.39 is 0 Å². The smallest absolute Gasteiger partial charge is 0.257 e. The maximum Gasteiger partial charge on any atom is 0.257 e. The van der Waals surface area contributed by atoms with E-state index in [2.05, 4.69) is 15.6 Å². The molecule has 0 fully saturated rings. The van der Waals surface area contributed by atoms with Crippen molar-refractivity contribution in [1.82, 2.24) is 4.98 Å². The average molecular weight is 377 g/mol. The molecule has 3 aromatic rings. The second kappa shape index (κ2) is 8.43. The van der Waals surface area contributed by atoms with Crippen molar-refractivity contribution in [2.24, 2.45) is 0 Å². The van der Waals surface area contributed by atoms with Gasteiger partial charge in [-0.1, -0.05) is 18.2 Å². The summed E-state index contributed by atoms with van der Waals surface area (Å²) in [6.07, 6.45) is 1.54. The number of anilines is 3. The molecule has 0 unspecified atom stereocenters. The number of nitrogens with zero attached hydrogens (tertiary/aromatic N) is 1. The molecule has 0 aliphatic heterocycles. The fourth-order valence-corrected chi connectivity index (χ4v) is 2.85. The van der Waals surface area contributed by atoms with E-state index in [1.807, 2.05) is 32.0 Å². The minimum atomic E-state index is -0.280. The fraction of sp³-hybridized carbons (Fsp3) is 0.182. The number of hydrogen-bond donors (Lipinski definition) is 2. The molecule has 1 aromatic heterocycles. The number of benzene rings is 2. The zero-order valence-corrected chi connectivity index (χ0v) is 16.4. The van der Waals surface area contributed by atoms with Crippen LogP contribution < -0.4 is 20.1 Å². The SMILES string of the molecule is COc1ccc(OC)c(NC(=O)c2ccc(Nc3c(C)cccc3C)nc2)c1. The topological polar surface area (TPSA) is 72.5 Å². The summed E-state index contributed by atoms with van der Waals surface area (Å²) in [6.45, 7) is 4.08. The summed E-state index contributed by atoms with van der Waals surface area (Å²) in [5, 5.41) is 6.15. The normalized spacial score (nSPS) is 10.3. The first-order valence-corrected chi connectivity index (χ1v) is 8.84. The Labute approximate surface area is 164 Å². The van der Waals surface area contributed by atoms with E-state index in [4.69, 9.17) is 9.47 Å². The van der Waals surface area contributed by atoms with Crippen LogP contribution in [0.1, 0.15) is 21.5 Å².